The number of hydrogen-bond acceptors (Lipinski definition) is 8. The van der Waals surface area contributed by atoms with Crippen LogP contribution in [0.15, 0.2) is 60.3 Å². The van der Waals surface area contributed by atoms with E-state index in [0.29, 0.717) is 47.6 Å². The quantitative estimate of drug-likeness (QED) is 0.380. The Morgan fingerprint density at radius 3 is 2.57 bits per heavy atom. The molecule has 1 atom stereocenters. The zero-order valence-corrected chi connectivity index (χ0v) is 24.5. The summed E-state index contributed by atoms with van der Waals surface area (Å²) in [5.74, 6) is 0.547. The number of aromatic nitrogens is 1. The second-order valence-electron chi connectivity index (χ2n) is 7.97. The number of aromatic hydroxyl groups is 1. The molecule has 2 aromatic carbocycles. The fraction of sp³-hybridized carbons (Fsp3) is 0.269. The number of esters is 1. The Balaban J connectivity index is 2.00. The van der Waals surface area contributed by atoms with Gasteiger partial charge in [0.15, 0.2) is 16.3 Å². The lowest BCUT2D eigenvalue weighted by molar-refractivity contribution is -0.139. The summed E-state index contributed by atoms with van der Waals surface area (Å²) in [4.78, 5) is 32.0. The van der Waals surface area contributed by atoms with Gasteiger partial charge in [-0.05, 0) is 78.2 Å². The van der Waals surface area contributed by atoms with Gasteiger partial charge in [-0.25, -0.2) is 9.79 Å². The number of hydrogen-bond donors (Lipinski definition) is 1. The molecule has 0 saturated carbocycles. The Bertz CT molecular complexity index is 1590. The topological polar surface area (TPSA) is 99.4 Å². The van der Waals surface area contributed by atoms with E-state index in [1.165, 1.54) is 23.0 Å². The van der Waals surface area contributed by atoms with Crippen molar-refractivity contribution in [1.82, 2.24) is 4.57 Å². The number of carbonyl (C=O) groups is 1. The van der Waals surface area contributed by atoms with Crippen LogP contribution in [0.2, 0.25) is 0 Å². The van der Waals surface area contributed by atoms with Gasteiger partial charge >= 0.3 is 5.97 Å². The summed E-state index contributed by atoms with van der Waals surface area (Å²) in [5, 5.41) is 9.82. The van der Waals surface area contributed by atoms with Gasteiger partial charge in [0.1, 0.15) is 5.75 Å². The van der Waals surface area contributed by atoms with Crippen LogP contribution in [-0.2, 0) is 9.53 Å². The third-order valence-electron chi connectivity index (χ3n) is 5.66. The summed E-state index contributed by atoms with van der Waals surface area (Å²) in [6.45, 7) is 5.95. The molecular weight excluding hydrogens is 628 g/mol. The van der Waals surface area contributed by atoms with Crippen molar-refractivity contribution in [1.29, 1.82) is 0 Å². The maximum Gasteiger partial charge on any atom is 0.338 e. The molecule has 1 aromatic heterocycles. The molecule has 0 aliphatic carbocycles. The van der Waals surface area contributed by atoms with Crippen molar-refractivity contribution in [2.75, 3.05) is 20.3 Å². The molecule has 8 nitrogen and oxygen atoms in total. The number of methoxy groups -OCH3 is 1. The van der Waals surface area contributed by atoms with E-state index in [2.05, 4.69) is 36.9 Å². The van der Waals surface area contributed by atoms with Crippen molar-refractivity contribution in [3.8, 4) is 17.2 Å². The SMILES string of the molecule is CCOC(=O)C1=C(C)N=c2s/c(=C/c3ccc(O)c(Br)c3)c(=O)n2[C@H]1c1cc(OC)c(OCC)cc1Br. The number of nitrogens with zero attached hydrogens (tertiary/aromatic N) is 2. The maximum absolute atomic E-state index is 13.8. The summed E-state index contributed by atoms with van der Waals surface area (Å²) >= 11 is 8.14. The standard InChI is InChI=1S/C26H24Br2N2O6S/c1-5-35-20-12-16(27)15(11-19(20)34-4)23-22(25(33)36-6-2)13(3)29-26-30(23)24(32)21(37-26)10-14-7-8-18(31)17(28)9-14/h7-12,23,31H,5-6H2,1-4H3/b21-10+/t23-/m0/s1. The van der Waals surface area contributed by atoms with Crippen LogP contribution in [-0.4, -0.2) is 36.0 Å². The van der Waals surface area contributed by atoms with Gasteiger partial charge < -0.3 is 19.3 Å². The second kappa shape index (κ2) is 11.2. The van der Waals surface area contributed by atoms with Gasteiger partial charge in [0.25, 0.3) is 5.56 Å². The summed E-state index contributed by atoms with van der Waals surface area (Å²) in [6, 6.07) is 7.67. The number of phenolic OH excluding ortho intramolecular Hbond substituents is 1. The average molecular weight is 652 g/mol. The molecule has 37 heavy (non-hydrogen) atoms. The third-order valence-corrected chi connectivity index (χ3v) is 7.97. The lowest BCUT2D eigenvalue weighted by Gasteiger charge is -2.26. The van der Waals surface area contributed by atoms with Gasteiger partial charge in [0, 0.05) is 4.47 Å². The van der Waals surface area contributed by atoms with E-state index < -0.39 is 12.0 Å². The van der Waals surface area contributed by atoms with Gasteiger partial charge in [-0.2, -0.15) is 0 Å². The lowest BCUT2D eigenvalue weighted by Crippen LogP contribution is -2.40. The molecule has 0 unspecified atom stereocenters. The smallest absolute Gasteiger partial charge is 0.338 e. The van der Waals surface area contributed by atoms with Crippen LogP contribution in [0, 0.1) is 0 Å². The van der Waals surface area contributed by atoms with Crippen LogP contribution < -0.4 is 24.4 Å². The minimum Gasteiger partial charge on any atom is -0.507 e. The predicted molar refractivity (Wildman–Crippen MR) is 148 cm³/mol. The molecule has 3 aromatic rings. The van der Waals surface area contributed by atoms with Gasteiger partial charge in [0.2, 0.25) is 0 Å². The van der Waals surface area contributed by atoms with Crippen molar-refractivity contribution in [2.45, 2.75) is 26.8 Å². The molecule has 0 spiro atoms. The Morgan fingerprint density at radius 2 is 1.92 bits per heavy atom. The number of halogens is 2. The fourth-order valence-electron chi connectivity index (χ4n) is 4.04. The van der Waals surface area contributed by atoms with Gasteiger partial charge in [0.05, 0.1) is 46.6 Å². The molecule has 0 amide bonds. The monoisotopic (exact) mass is 650 g/mol. The molecule has 0 fully saturated rings. The van der Waals surface area contributed by atoms with E-state index in [-0.39, 0.29) is 23.5 Å². The van der Waals surface area contributed by atoms with Crippen molar-refractivity contribution in [3.63, 3.8) is 0 Å². The van der Waals surface area contributed by atoms with Gasteiger partial charge in [-0.3, -0.25) is 9.36 Å². The number of benzene rings is 2. The minimum atomic E-state index is -0.817. The number of carbonyl (C=O) groups excluding carboxylic acids is 1. The largest absolute Gasteiger partial charge is 0.507 e. The van der Waals surface area contributed by atoms with Crippen LogP contribution in [0.1, 0.15) is 37.9 Å². The number of fused-ring (bicyclic) bond motifs is 1. The van der Waals surface area contributed by atoms with Crippen LogP contribution in [0.4, 0.5) is 0 Å². The molecule has 1 aliphatic rings. The Morgan fingerprint density at radius 1 is 1.16 bits per heavy atom. The number of rotatable bonds is 7. The Hall–Kier alpha value is -2.89. The highest BCUT2D eigenvalue weighted by Crippen LogP contribution is 2.41. The van der Waals surface area contributed by atoms with E-state index in [1.54, 1.807) is 50.3 Å². The predicted octanol–water partition coefficient (Wildman–Crippen LogP) is 4.44. The highest BCUT2D eigenvalue weighted by atomic mass is 79.9. The fourth-order valence-corrected chi connectivity index (χ4v) is 6.02. The molecule has 4 rings (SSSR count). The third kappa shape index (κ3) is 5.25. The summed E-state index contributed by atoms with van der Waals surface area (Å²) in [5.41, 5.74) is 1.75. The number of ether oxygens (including phenoxy) is 3. The Labute approximate surface area is 233 Å². The summed E-state index contributed by atoms with van der Waals surface area (Å²) in [6.07, 6.45) is 1.72. The molecule has 11 heteroatoms. The first-order valence-electron chi connectivity index (χ1n) is 11.4. The Kier molecular flexibility index (Phi) is 8.25. The summed E-state index contributed by atoms with van der Waals surface area (Å²) < 4.78 is 19.7. The average Bonchev–Trinajstić information content (AvgIpc) is 3.15. The molecule has 0 radical (unpaired) electrons. The van der Waals surface area contributed by atoms with Crippen LogP contribution in [0.5, 0.6) is 17.2 Å². The van der Waals surface area contributed by atoms with Gasteiger partial charge in [-0.1, -0.05) is 33.3 Å². The van der Waals surface area contributed by atoms with Crippen molar-refractivity contribution < 1.29 is 24.1 Å². The first kappa shape index (κ1) is 27.2. The second-order valence-corrected chi connectivity index (χ2v) is 10.7. The normalized spacial score (nSPS) is 15.3. The lowest BCUT2D eigenvalue weighted by atomic mass is 9.95. The number of allylic oxidation sites excluding steroid dienone is 1. The van der Waals surface area contributed by atoms with E-state index in [0.717, 1.165) is 5.56 Å². The molecule has 0 saturated heterocycles. The molecule has 194 valence electrons. The van der Waals surface area contributed by atoms with Gasteiger partial charge in [-0.15, -0.1) is 0 Å². The van der Waals surface area contributed by atoms with E-state index >= 15 is 0 Å². The number of phenols is 1. The molecule has 1 N–H and O–H groups in total. The van der Waals surface area contributed by atoms with Crippen LogP contribution in [0.3, 0.4) is 0 Å². The first-order valence-corrected chi connectivity index (χ1v) is 13.8. The summed E-state index contributed by atoms with van der Waals surface area (Å²) in [7, 11) is 1.53. The molecule has 2 heterocycles. The first-order chi connectivity index (χ1) is 17.7. The molecular formula is C26H24Br2N2O6S. The van der Waals surface area contributed by atoms with E-state index in [9.17, 15) is 14.7 Å². The maximum atomic E-state index is 13.8. The van der Waals surface area contributed by atoms with Crippen LogP contribution in [0.25, 0.3) is 6.08 Å². The zero-order chi connectivity index (χ0) is 26.9. The van der Waals surface area contributed by atoms with Crippen molar-refractivity contribution in [2.24, 2.45) is 4.99 Å². The highest BCUT2D eigenvalue weighted by Gasteiger charge is 2.35. The van der Waals surface area contributed by atoms with E-state index in [4.69, 9.17) is 14.2 Å². The highest BCUT2D eigenvalue weighted by molar-refractivity contribution is 9.10. The van der Waals surface area contributed by atoms with Crippen LogP contribution >= 0.6 is 43.2 Å². The zero-order valence-electron chi connectivity index (χ0n) is 20.5. The molecule has 1 aliphatic heterocycles. The van der Waals surface area contributed by atoms with Crippen molar-refractivity contribution >= 4 is 55.2 Å². The van der Waals surface area contributed by atoms with Crippen molar-refractivity contribution in [3.05, 3.63) is 81.4 Å². The van der Waals surface area contributed by atoms with E-state index in [1.807, 2.05) is 6.92 Å². The molecule has 0 bridgehead atoms. The minimum absolute atomic E-state index is 0.0996. The number of thiazole rings is 1.